The lowest BCUT2D eigenvalue weighted by Gasteiger charge is -2.36. The maximum Gasteiger partial charge on any atom is 0.317 e. The molecule has 1 aromatic carbocycles. The van der Waals surface area contributed by atoms with Gasteiger partial charge >= 0.3 is 16.2 Å². The number of anilines is 1. The fourth-order valence-corrected chi connectivity index (χ4v) is 6.73. The zero-order valence-corrected chi connectivity index (χ0v) is 24.7. The standard InChI is InChI=1S/C27H42F2N6O3S/c1-19(2)30-25(36)33-13-15-34(16-14-33)39(37,38)32(6)21-7-8-23-22(17-21)31-24(26(3,4)5)35(23)18-20-9-11-27(28,29)12-10-20/h7-8,17,19-20H,9-16,18H2,1-6H3,(H,30,36). The molecule has 0 unspecified atom stereocenters. The number of halogens is 2. The van der Waals surface area contributed by atoms with Crippen LogP contribution in [0.3, 0.4) is 0 Å². The van der Waals surface area contributed by atoms with Crippen LogP contribution in [0.25, 0.3) is 11.0 Å². The van der Waals surface area contributed by atoms with Crippen molar-refractivity contribution >= 4 is 33.0 Å². The van der Waals surface area contributed by atoms with Crippen molar-refractivity contribution in [3.05, 3.63) is 24.0 Å². The Morgan fingerprint density at radius 3 is 2.33 bits per heavy atom. The van der Waals surface area contributed by atoms with Gasteiger partial charge in [0.15, 0.2) is 0 Å². The lowest BCUT2D eigenvalue weighted by atomic mass is 9.86. The number of imidazole rings is 1. The first-order valence-electron chi connectivity index (χ1n) is 13.8. The summed E-state index contributed by atoms with van der Waals surface area (Å²) in [6, 6.07) is 5.25. The number of urea groups is 1. The quantitative estimate of drug-likeness (QED) is 0.553. The van der Waals surface area contributed by atoms with Gasteiger partial charge in [-0.15, -0.1) is 0 Å². The molecule has 4 rings (SSSR count). The number of alkyl halides is 2. The van der Waals surface area contributed by atoms with Crippen molar-refractivity contribution in [3.8, 4) is 0 Å². The van der Waals surface area contributed by atoms with Crippen LogP contribution in [0, 0.1) is 5.92 Å². The summed E-state index contributed by atoms with van der Waals surface area (Å²) >= 11 is 0. The lowest BCUT2D eigenvalue weighted by molar-refractivity contribution is -0.0473. The van der Waals surface area contributed by atoms with E-state index in [1.165, 1.54) is 15.7 Å². The van der Waals surface area contributed by atoms with Crippen LogP contribution in [-0.4, -0.2) is 78.4 Å². The fourth-order valence-electron chi connectivity index (χ4n) is 5.38. The number of carbonyl (C=O) groups is 1. The molecule has 1 saturated heterocycles. The number of carbonyl (C=O) groups excluding carboxylic acids is 1. The number of benzene rings is 1. The van der Waals surface area contributed by atoms with Crippen molar-refractivity contribution in [1.82, 2.24) is 24.1 Å². The monoisotopic (exact) mass is 568 g/mol. The van der Waals surface area contributed by atoms with Crippen LogP contribution in [-0.2, 0) is 22.2 Å². The predicted octanol–water partition coefficient (Wildman–Crippen LogP) is 4.58. The number of fused-ring (bicyclic) bond motifs is 1. The van der Waals surface area contributed by atoms with Crippen molar-refractivity contribution in [2.75, 3.05) is 37.5 Å². The van der Waals surface area contributed by atoms with E-state index >= 15 is 0 Å². The van der Waals surface area contributed by atoms with Gasteiger partial charge in [-0.2, -0.15) is 12.7 Å². The van der Waals surface area contributed by atoms with E-state index in [9.17, 15) is 22.0 Å². The Kier molecular flexibility index (Phi) is 8.20. The maximum atomic E-state index is 13.7. The molecule has 2 aromatic rings. The summed E-state index contributed by atoms with van der Waals surface area (Å²) in [5.41, 5.74) is 1.76. The third kappa shape index (κ3) is 6.48. The zero-order valence-electron chi connectivity index (χ0n) is 23.9. The highest BCUT2D eigenvalue weighted by Crippen LogP contribution is 2.38. The highest BCUT2D eigenvalue weighted by Gasteiger charge is 2.36. The van der Waals surface area contributed by atoms with E-state index in [0.717, 1.165) is 11.3 Å². The number of nitrogens with one attached hydrogen (secondary N) is 1. The molecule has 0 radical (unpaired) electrons. The van der Waals surface area contributed by atoms with Crippen LogP contribution in [0.5, 0.6) is 0 Å². The predicted molar refractivity (Wildman–Crippen MR) is 149 cm³/mol. The molecule has 2 heterocycles. The second kappa shape index (κ2) is 10.8. The number of hydrogen-bond donors (Lipinski definition) is 1. The van der Waals surface area contributed by atoms with E-state index < -0.39 is 16.1 Å². The van der Waals surface area contributed by atoms with Gasteiger partial charge in [0.1, 0.15) is 5.82 Å². The maximum absolute atomic E-state index is 13.7. The van der Waals surface area contributed by atoms with Gasteiger partial charge in [-0.05, 0) is 50.8 Å². The molecular weight excluding hydrogens is 526 g/mol. The minimum atomic E-state index is -3.82. The van der Waals surface area contributed by atoms with E-state index in [2.05, 4.69) is 30.7 Å². The number of rotatable bonds is 6. The molecule has 1 aromatic heterocycles. The van der Waals surface area contributed by atoms with Crippen LogP contribution < -0.4 is 9.62 Å². The summed E-state index contributed by atoms with van der Waals surface area (Å²) in [6.45, 7) is 11.6. The highest BCUT2D eigenvalue weighted by molar-refractivity contribution is 7.90. The molecule has 2 aliphatic rings. The van der Waals surface area contributed by atoms with Crippen molar-refractivity contribution in [2.24, 2.45) is 5.92 Å². The van der Waals surface area contributed by atoms with Crippen molar-refractivity contribution in [2.45, 2.75) is 84.2 Å². The first-order valence-corrected chi connectivity index (χ1v) is 15.2. The normalized spacial score (nSPS) is 19.6. The molecule has 1 saturated carbocycles. The molecule has 0 atom stereocenters. The molecule has 1 aliphatic carbocycles. The van der Waals surface area contributed by atoms with Gasteiger partial charge in [0.25, 0.3) is 0 Å². The molecule has 218 valence electrons. The van der Waals surface area contributed by atoms with Crippen molar-refractivity contribution < 1.29 is 22.0 Å². The second-order valence-corrected chi connectivity index (χ2v) is 14.2. The number of piperazine rings is 1. The van der Waals surface area contributed by atoms with Gasteiger partial charge in [-0.1, -0.05) is 20.8 Å². The summed E-state index contributed by atoms with van der Waals surface area (Å²) in [4.78, 5) is 18.8. The second-order valence-electron chi connectivity index (χ2n) is 12.2. The van der Waals surface area contributed by atoms with Gasteiger partial charge in [0.2, 0.25) is 5.92 Å². The van der Waals surface area contributed by atoms with Gasteiger partial charge in [-0.25, -0.2) is 18.6 Å². The number of hydrogen-bond acceptors (Lipinski definition) is 4. The van der Waals surface area contributed by atoms with Crippen LogP contribution in [0.4, 0.5) is 19.3 Å². The van der Waals surface area contributed by atoms with Crippen LogP contribution in [0.2, 0.25) is 0 Å². The van der Waals surface area contributed by atoms with E-state index in [4.69, 9.17) is 4.98 Å². The van der Waals surface area contributed by atoms with Crippen LogP contribution >= 0.6 is 0 Å². The Labute approximate surface area is 230 Å². The van der Waals surface area contributed by atoms with E-state index in [1.807, 2.05) is 19.9 Å². The Bertz CT molecular complexity index is 1290. The molecular formula is C27H42F2N6O3S. The Hall–Kier alpha value is -2.47. The molecule has 0 spiro atoms. The molecule has 2 fully saturated rings. The molecule has 1 N–H and O–H groups in total. The first-order chi connectivity index (χ1) is 18.1. The third-order valence-electron chi connectivity index (χ3n) is 7.65. The number of aromatic nitrogens is 2. The first kappa shape index (κ1) is 29.5. The summed E-state index contributed by atoms with van der Waals surface area (Å²) in [6.07, 6.45) is 0.778. The molecule has 9 nitrogen and oxygen atoms in total. The van der Waals surface area contributed by atoms with E-state index in [1.54, 1.807) is 17.0 Å². The van der Waals surface area contributed by atoms with Crippen LogP contribution in [0.15, 0.2) is 18.2 Å². The summed E-state index contributed by atoms with van der Waals surface area (Å²) < 4.78 is 59.2. The van der Waals surface area contributed by atoms with E-state index in [0.29, 0.717) is 43.7 Å². The lowest BCUT2D eigenvalue weighted by Crippen LogP contribution is -2.56. The number of nitrogens with zero attached hydrogens (tertiary/aromatic N) is 5. The Balaban J connectivity index is 1.54. The average Bonchev–Trinajstić information content (AvgIpc) is 3.22. The van der Waals surface area contributed by atoms with Crippen molar-refractivity contribution in [3.63, 3.8) is 0 Å². The smallest absolute Gasteiger partial charge is 0.317 e. The Morgan fingerprint density at radius 2 is 1.77 bits per heavy atom. The highest BCUT2D eigenvalue weighted by atomic mass is 32.2. The fraction of sp³-hybridized carbons (Fsp3) is 0.704. The summed E-state index contributed by atoms with van der Waals surface area (Å²) in [5.74, 6) is -1.57. The summed E-state index contributed by atoms with van der Waals surface area (Å²) in [7, 11) is -2.29. The molecule has 0 bridgehead atoms. The topological polar surface area (TPSA) is 90.8 Å². The minimum Gasteiger partial charge on any atom is -0.336 e. The minimum absolute atomic E-state index is 0.00926. The molecule has 1 aliphatic heterocycles. The van der Waals surface area contributed by atoms with E-state index in [-0.39, 0.29) is 49.3 Å². The summed E-state index contributed by atoms with van der Waals surface area (Å²) in [5, 5.41) is 2.84. The Morgan fingerprint density at radius 1 is 1.15 bits per heavy atom. The average molecular weight is 569 g/mol. The van der Waals surface area contributed by atoms with Gasteiger partial charge in [-0.3, -0.25) is 4.31 Å². The zero-order chi connectivity index (χ0) is 28.8. The number of amides is 2. The SMILES string of the molecule is CC(C)NC(=O)N1CCN(S(=O)(=O)N(C)c2ccc3c(c2)nc(C(C)(C)C)n3CC2CCC(F)(F)CC2)CC1. The van der Waals surface area contributed by atoms with Gasteiger partial charge in [0, 0.05) is 64.1 Å². The molecule has 39 heavy (non-hydrogen) atoms. The third-order valence-corrected chi connectivity index (χ3v) is 9.57. The van der Waals surface area contributed by atoms with Crippen LogP contribution in [0.1, 0.15) is 66.1 Å². The van der Waals surface area contributed by atoms with Gasteiger partial charge in [0.05, 0.1) is 16.7 Å². The molecule has 12 heteroatoms. The molecule has 2 amide bonds. The largest absolute Gasteiger partial charge is 0.336 e. The van der Waals surface area contributed by atoms with Crippen molar-refractivity contribution in [1.29, 1.82) is 0 Å². The van der Waals surface area contributed by atoms with Gasteiger partial charge < -0.3 is 14.8 Å².